The molecule has 1 aliphatic heterocycles. The van der Waals surface area contributed by atoms with E-state index in [1.165, 1.54) is 48.9 Å². The molecule has 1 aromatic carbocycles. The highest BCUT2D eigenvalue weighted by atomic mass is 19.4. The van der Waals surface area contributed by atoms with Crippen LogP contribution < -0.4 is 5.32 Å². The first-order chi connectivity index (χ1) is 19.0. The molecule has 2 aromatic heterocycles. The molecule has 1 N–H and O–H groups in total. The van der Waals surface area contributed by atoms with Crippen LogP contribution in [0.1, 0.15) is 69.0 Å². The summed E-state index contributed by atoms with van der Waals surface area (Å²) in [5.41, 5.74) is 1.27. The predicted octanol–water partition coefficient (Wildman–Crippen LogP) is 5.88. The van der Waals surface area contributed by atoms with E-state index in [1.807, 2.05) is 0 Å². The van der Waals surface area contributed by atoms with Gasteiger partial charge in [0, 0.05) is 24.3 Å². The zero-order valence-corrected chi connectivity index (χ0v) is 22.2. The molecule has 2 aliphatic rings. The van der Waals surface area contributed by atoms with E-state index < -0.39 is 11.7 Å². The van der Waals surface area contributed by atoms with Crippen LogP contribution in [0, 0.1) is 0 Å². The fraction of sp³-hybridized carbons (Fsp3) is 0.571. The maximum atomic E-state index is 13.1. The van der Waals surface area contributed by atoms with Gasteiger partial charge in [-0.3, -0.25) is 0 Å². The number of ether oxygens (including phenoxy) is 1. The average Bonchev–Trinajstić information content (AvgIpc) is 3.27. The molecule has 5 rings (SSSR count). The topological polar surface area (TPSA) is 81.0 Å². The summed E-state index contributed by atoms with van der Waals surface area (Å²) in [6.45, 7) is 4.18. The van der Waals surface area contributed by atoms with Crippen molar-refractivity contribution < 1.29 is 17.9 Å². The fourth-order valence-electron chi connectivity index (χ4n) is 5.28. The van der Waals surface area contributed by atoms with Gasteiger partial charge in [0.05, 0.1) is 25.0 Å². The van der Waals surface area contributed by atoms with E-state index in [1.54, 1.807) is 12.4 Å². The lowest BCUT2D eigenvalue weighted by atomic mass is 10.0. The molecular weight excluding hydrogens is 507 g/mol. The molecule has 210 valence electrons. The Morgan fingerprint density at radius 2 is 1.67 bits per heavy atom. The Labute approximate surface area is 227 Å². The van der Waals surface area contributed by atoms with Crippen molar-refractivity contribution in [1.82, 2.24) is 29.9 Å². The van der Waals surface area contributed by atoms with Gasteiger partial charge in [-0.15, -0.1) is 5.10 Å². The zero-order chi connectivity index (χ0) is 27.1. The van der Waals surface area contributed by atoms with Crippen LogP contribution in [-0.4, -0.2) is 62.1 Å². The molecule has 1 aliphatic carbocycles. The first-order valence-electron chi connectivity index (χ1n) is 14.0. The van der Waals surface area contributed by atoms with Crippen LogP contribution in [0.25, 0.3) is 17.1 Å². The third-order valence-electron chi connectivity index (χ3n) is 7.49. The zero-order valence-electron chi connectivity index (χ0n) is 22.2. The van der Waals surface area contributed by atoms with Crippen molar-refractivity contribution >= 4 is 5.82 Å². The van der Waals surface area contributed by atoms with Crippen molar-refractivity contribution in [3.63, 3.8) is 0 Å². The number of nitrogens with zero attached hydrogens (tertiary/aromatic N) is 6. The quantitative estimate of drug-likeness (QED) is 0.267. The van der Waals surface area contributed by atoms with Gasteiger partial charge >= 0.3 is 6.18 Å². The Morgan fingerprint density at radius 1 is 0.949 bits per heavy atom. The standard InChI is InChI=1S/C28H36F3N7O/c29-28(30,31)22-12-10-21(11-13-22)25-18-32-27(34-26(25)33-23-8-4-1-2-5-9-23)38-19-24(35-36-38)20-39-17-16-37-14-6-3-7-15-37/h10-13,18-19,23H,1-9,14-17,20H2,(H,32,33,34). The Kier molecular flexibility index (Phi) is 9.08. The number of benzene rings is 1. The second-order valence-electron chi connectivity index (χ2n) is 10.4. The molecule has 1 saturated carbocycles. The fourth-order valence-corrected chi connectivity index (χ4v) is 5.28. The molecule has 0 atom stereocenters. The molecule has 0 bridgehead atoms. The monoisotopic (exact) mass is 543 g/mol. The number of likely N-dealkylation sites (tertiary alicyclic amines) is 1. The molecule has 39 heavy (non-hydrogen) atoms. The molecule has 0 amide bonds. The minimum absolute atomic E-state index is 0.239. The number of alkyl halides is 3. The van der Waals surface area contributed by atoms with Crippen LogP contribution in [0.2, 0.25) is 0 Å². The lowest BCUT2D eigenvalue weighted by Crippen LogP contribution is -2.32. The number of rotatable bonds is 9. The Hall–Kier alpha value is -3.05. The lowest BCUT2D eigenvalue weighted by Gasteiger charge is -2.25. The van der Waals surface area contributed by atoms with Gasteiger partial charge in [-0.25, -0.2) is 4.98 Å². The summed E-state index contributed by atoms with van der Waals surface area (Å²) in [6.07, 6.45) is 9.56. The number of piperidine rings is 1. The molecule has 8 nitrogen and oxygen atoms in total. The maximum absolute atomic E-state index is 13.1. The van der Waals surface area contributed by atoms with Gasteiger partial charge in [-0.05, 0) is 56.5 Å². The van der Waals surface area contributed by atoms with Crippen LogP contribution in [0.15, 0.2) is 36.7 Å². The van der Waals surface area contributed by atoms with Gasteiger partial charge in [0.25, 0.3) is 5.95 Å². The van der Waals surface area contributed by atoms with Crippen LogP contribution in [0.5, 0.6) is 0 Å². The van der Waals surface area contributed by atoms with Crippen LogP contribution in [0.3, 0.4) is 0 Å². The number of nitrogens with one attached hydrogen (secondary N) is 1. The Bertz CT molecular complexity index is 1180. The van der Waals surface area contributed by atoms with E-state index >= 15 is 0 Å². The van der Waals surface area contributed by atoms with E-state index in [0.29, 0.717) is 41.8 Å². The maximum Gasteiger partial charge on any atom is 0.416 e. The number of anilines is 1. The number of hydrogen-bond donors (Lipinski definition) is 1. The van der Waals surface area contributed by atoms with Crippen molar-refractivity contribution in [2.45, 2.75) is 76.6 Å². The molecule has 3 aromatic rings. The van der Waals surface area contributed by atoms with E-state index in [9.17, 15) is 13.2 Å². The number of aromatic nitrogens is 5. The molecular formula is C28H36F3N7O. The summed E-state index contributed by atoms with van der Waals surface area (Å²) in [5.74, 6) is 0.926. The largest absolute Gasteiger partial charge is 0.416 e. The first kappa shape index (κ1) is 27.5. The third kappa shape index (κ3) is 7.54. The van der Waals surface area contributed by atoms with Crippen LogP contribution >= 0.6 is 0 Å². The predicted molar refractivity (Wildman–Crippen MR) is 142 cm³/mol. The van der Waals surface area contributed by atoms with Crippen LogP contribution in [-0.2, 0) is 17.5 Å². The minimum Gasteiger partial charge on any atom is -0.374 e. The highest BCUT2D eigenvalue weighted by molar-refractivity contribution is 5.75. The SMILES string of the molecule is FC(F)(F)c1ccc(-c2cnc(-n3cc(COCCN4CCCCC4)nn3)nc2NC2CCCCCC2)cc1. The summed E-state index contributed by atoms with van der Waals surface area (Å²) in [7, 11) is 0. The number of hydrogen-bond acceptors (Lipinski definition) is 7. The highest BCUT2D eigenvalue weighted by Crippen LogP contribution is 2.33. The molecule has 0 unspecified atom stereocenters. The van der Waals surface area contributed by atoms with Gasteiger partial charge in [0.2, 0.25) is 0 Å². The van der Waals surface area contributed by atoms with Crippen molar-refractivity contribution in [2.24, 2.45) is 0 Å². The molecule has 3 heterocycles. The molecule has 0 radical (unpaired) electrons. The average molecular weight is 544 g/mol. The second-order valence-corrected chi connectivity index (χ2v) is 10.4. The van der Waals surface area contributed by atoms with Gasteiger partial charge in [-0.2, -0.15) is 22.8 Å². The second kappa shape index (κ2) is 12.9. The summed E-state index contributed by atoms with van der Waals surface area (Å²) >= 11 is 0. The molecule has 1 saturated heterocycles. The third-order valence-corrected chi connectivity index (χ3v) is 7.49. The Balaban J connectivity index is 1.31. The van der Waals surface area contributed by atoms with Crippen molar-refractivity contribution in [2.75, 3.05) is 31.6 Å². The first-order valence-corrected chi connectivity index (χ1v) is 14.0. The van der Waals surface area contributed by atoms with E-state index in [4.69, 9.17) is 9.72 Å². The van der Waals surface area contributed by atoms with Gasteiger partial charge < -0.3 is 15.0 Å². The van der Waals surface area contributed by atoms with Gasteiger partial charge in [0.15, 0.2) is 0 Å². The van der Waals surface area contributed by atoms with Gasteiger partial charge in [0.1, 0.15) is 11.5 Å². The minimum atomic E-state index is -4.39. The Morgan fingerprint density at radius 3 is 2.38 bits per heavy atom. The van der Waals surface area contributed by atoms with Crippen molar-refractivity contribution in [3.8, 4) is 17.1 Å². The van der Waals surface area contributed by atoms with E-state index in [0.717, 1.165) is 57.5 Å². The molecule has 0 spiro atoms. The van der Waals surface area contributed by atoms with Gasteiger partial charge in [-0.1, -0.05) is 49.5 Å². The van der Waals surface area contributed by atoms with Crippen molar-refractivity contribution in [1.29, 1.82) is 0 Å². The summed E-state index contributed by atoms with van der Waals surface area (Å²) in [5, 5.41) is 12.0. The lowest BCUT2D eigenvalue weighted by molar-refractivity contribution is -0.137. The summed E-state index contributed by atoms with van der Waals surface area (Å²) < 4.78 is 46.7. The highest BCUT2D eigenvalue weighted by Gasteiger charge is 2.30. The molecule has 11 heteroatoms. The molecule has 2 fully saturated rings. The van der Waals surface area contributed by atoms with E-state index in [-0.39, 0.29) is 6.04 Å². The van der Waals surface area contributed by atoms with Crippen molar-refractivity contribution in [3.05, 3.63) is 47.9 Å². The summed E-state index contributed by atoms with van der Waals surface area (Å²) in [4.78, 5) is 11.7. The van der Waals surface area contributed by atoms with E-state index in [2.05, 4.69) is 25.5 Å². The number of halogens is 3. The normalized spacial score (nSPS) is 17.7. The smallest absolute Gasteiger partial charge is 0.374 e. The van der Waals surface area contributed by atoms with Crippen LogP contribution in [0.4, 0.5) is 19.0 Å². The summed E-state index contributed by atoms with van der Waals surface area (Å²) in [6, 6.07) is 5.35.